The van der Waals surface area contributed by atoms with Gasteiger partial charge >= 0.3 is 0 Å². The van der Waals surface area contributed by atoms with Crippen molar-refractivity contribution in [2.75, 3.05) is 9.80 Å². The van der Waals surface area contributed by atoms with Gasteiger partial charge in [-0.3, -0.25) is 0 Å². The smallest absolute Gasteiger partial charge is 0.135 e. The van der Waals surface area contributed by atoms with E-state index in [2.05, 4.69) is 230 Å². The minimum atomic E-state index is -2.41. The number of rotatable bonds is 9. The molecule has 0 unspecified atom stereocenters. The molecule has 0 bridgehead atoms. The van der Waals surface area contributed by atoms with E-state index < -0.39 is 6.85 Å². The van der Waals surface area contributed by atoms with Crippen LogP contribution in [0.25, 0.3) is 72.1 Å². The van der Waals surface area contributed by atoms with Gasteiger partial charge in [-0.1, -0.05) is 213 Å². The fraction of sp³-hybridized carbons (Fsp3) is 0.178. The van der Waals surface area contributed by atoms with Crippen molar-refractivity contribution in [3.05, 3.63) is 247 Å². The summed E-state index contributed by atoms with van der Waals surface area (Å²) in [6, 6.07) is 76.9. The fourth-order valence-corrected chi connectivity index (χ4v) is 11.0. The molecule has 1 aliphatic rings. The van der Waals surface area contributed by atoms with Crippen molar-refractivity contribution in [2.45, 2.75) is 85.4 Å². The summed E-state index contributed by atoms with van der Waals surface area (Å²) < 4.78 is 34.9. The van der Waals surface area contributed by atoms with Crippen molar-refractivity contribution in [3.8, 4) is 61.8 Å². The fourth-order valence-electron chi connectivity index (χ4n) is 11.0. The summed E-state index contributed by atoms with van der Waals surface area (Å²) in [5, 5.41) is 1.92. The van der Waals surface area contributed by atoms with Gasteiger partial charge in [0.2, 0.25) is 0 Å². The topological polar surface area (TPSA) is 33.5 Å². The van der Waals surface area contributed by atoms with Gasteiger partial charge in [-0.25, -0.2) is 4.98 Å². The molecular formula is C73H65N4OPt-3. The first-order valence-corrected chi connectivity index (χ1v) is 26.9. The van der Waals surface area contributed by atoms with Gasteiger partial charge < -0.3 is 19.1 Å². The first-order chi connectivity index (χ1) is 38.7. The zero-order valence-corrected chi connectivity index (χ0v) is 48.5. The molecule has 11 aromatic rings. The minimum absolute atomic E-state index is 0. The third-order valence-corrected chi connectivity index (χ3v) is 15.2. The molecule has 0 fully saturated rings. The molecule has 9 aromatic carbocycles. The summed E-state index contributed by atoms with van der Waals surface area (Å²) in [4.78, 5) is 9.50. The molecule has 2 aromatic heterocycles. The van der Waals surface area contributed by atoms with Crippen LogP contribution in [0, 0.1) is 25.7 Å². The maximum absolute atomic E-state index is 8.71. The normalized spacial score (nSPS) is 13.5. The predicted molar refractivity (Wildman–Crippen MR) is 327 cm³/mol. The molecular weight excluding hydrogens is 1140 g/mol. The average molecular weight is 1210 g/mol. The summed E-state index contributed by atoms with van der Waals surface area (Å²) in [6.07, 6.45) is 1.69. The van der Waals surface area contributed by atoms with Crippen LogP contribution in [0.1, 0.15) is 88.7 Å². The monoisotopic (exact) mass is 1210 g/mol. The SMILES string of the molecule is [2H]C([2H])([2H])c1cc(-n2c3[c-]c(Oc4[c-]c(N5[CH-]N(c6c(-c7ccc(-c8cccc(C(C)(C)C)c8)cc7)cccc6-c6ccccc6C(C)(C)C)c6ccccc65)ccc4)ccc3c3ccccc32)ncc1-c1ccc(C(C)(C)C)cc1.[Pt]. The molecule has 0 spiro atoms. The quantitative estimate of drug-likeness (QED) is 0.135. The minimum Gasteiger partial charge on any atom is -0.509 e. The van der Waals surface area contributed by atoms with E-state index in [-0.39, 0.29) is 42.9 Å². The van der Waals surface area contributed by atoms with Gasteiger partial charge in [-0.05, 0) is 103 Å². The molecule has 6 heteroatoms. The number of para-hydroxylation sites is 4. The van der Waals surface area contributed by atoms with Crippen LogP contribution >= 0.6 is 0 Å². The maximum Gasteiger partial charge on any atom is 0.135 e. The van der Waals surface area contributed by atoms with Crippen LogP contribution < -0.4 is 14.5 Å². The maximum atomic E-state index is 8.71. The van der Waals surface area contributed by atoms with Crippen molar-refractivity contribution < 1.29 is 29.9 Å². The Bertz CT molecular complexity index is 4180. The molecule has 5 nitrogen and oxygen atoms in total. The van der Waals surface area contributed by atoms with Gasteiger partial charge in [-0.15, -0.1) is 48.1 Å². The zero-order valence-electron chi connectivity index (χ0n) is 49.2. The summed E-state index contributed by atoms with van der Waals surface area (Å²) in [7, 11) is 0. The first kappa shape index (κ1) is 49.3. The second-order valence-corrected chi connectivity index (χ2v) is 23.6. The van der Waals surface area contributed by atoms with Crippen LogP contribution in [-0.2, 0) is 37.3 Å². The zero-order chi connectivity index (χ0) is 56.6. The number of hydrogen-bond acceptors (Lipinski definition) is 4. The number of aromatic nitrogens is 2. The third-order valence-electron chi connectivity index (χ3n) is 15.2. The van der Waals surface area contributed by atoms with Crippen molar-refractivity contribution in [1.82, 2.24) is 9.55 Å². The van der Waals surface area contributed by atoms with E-state index in [1.165, 1.54) is 33.4 Å². The summed E-state index contributed by atoms with van der Waals surface area (Å²) in [6.45, 7) is 19.9. The Balaban J connectivity index is 0.00000705. The van der Waals surface area contributed by atoms with E-state index in [4.69, 9.17) is 13.8 Å². The van der Waals surface area contributed by atoms with Gasteiger partial charge in [0.05, 0.1) is 0 Å². The first-order valence-electron chi connectivity index (χ1n) is 28.4. The predicted octanol–water partition coefficient (Wildman–Crippen LogP) is 19.8. The van der Waals surface area contributed by atoms with E-state index >= 15 is 0 Å². The van der Waals surface area contributed by atoms with Crippen LogP contribution in [0.4, 0.5) is 22.7 Å². The summed E-state index contributed by atoms with van der Waals surface area (Å²) in [5.74, 6) is 1.46. The molecule has 0 atom stereocenters. The third kappa shape index (κ3) is 10.1. The number of nitrogens with zero attached hydrogens (tertiary/aromatic N) is 4. The number of aryl methyl sites for hydroxylation is 1. The largest absolute Gasteiger partial charge is 0.509 e. The van der Waals surface area contributed by atoms with Crippen LogP contribution in [-0.4, -0.2) is 9.55 Å². The number of anilines is 4. The summed E-state index contributed by atoms with van der Waals surface area (Å²) in [5.41, 5.74) is 17.6. The van der Waals surface area contributed by atoms with Crippen LogP contribution in [0.15, 0.2) is 206 Å². The van der Waals surface area contributed by atoms with Crippen LogP contribution in [0.3, 0.4) is 0 Å². The van der Waals surface area contributed by atoms with Crippen molar-refractivity contribution in [1.29, 1.82) is 0 Å². The van der Waals surface area contributed by atoms with Gasteiger partial charge in [0.15, 0.2) is 0 Å². The molecule has 0 saturated carbocycles. The number of pyridine rings is 1. The number of ether oxygens (including phenoxy) is 1. The molecule has 396 valence electrons. The van der Waals surface area contributed by atoms with Crippen molar-refractivity contribution >= 4 is 44.6 Å². The molecule has 1 aliphatic heterocycles. The van der Waals surface area contributed by atoms with Gasteiger partial charge in [0.1, 0.15) is 5.82 Å². The second kappa shape index (κ2) is 20.7. The standard InChI is InChI=1S/C73H65N4O.Pt/c1-48-42-69(74-46-63(48)51-36-38-53(39-37-51)71(2,3)4)77-65-29-14-12-25-60(65)61-41-40-57(45-68(61)77)78-56-23-18-22-55(44-56)75-47-76(67-31-16-15-30-66(67)75)70-58(26-19-27-62(70)59-24-11-13-28-64(59)73(8,9)10)50-34-32-49(33-35-50)52-20-17-21-54(43-52)72(5,6)7;/h11-43,46-47H,1-10H3;/q-3;/i1D3;. The molecule has 79 heavy (non-hydrogen) atoms. The Labute approximate surface area is 485 Å². The van der Waals surface area contributed by atoms with E-state index in [9.17, 15) is 0 Å². The summed E-state index contributed by atoms with van der Waals surface area (Å²) >= 11 is 0. The average Bonchev–Trinajstić information content (AvgIpc) is 3.59. The van der Waals surface area contributed by atoms with Gasteiger partial charge in [-0.2, -0.15) is 12.1 Å². The van der Waals surface area contributed by atoms with Crippen molar-refractivity contribution in [2.24, 2.45) is 0 Å². The Morgan fingerprint density at radius 3 is 1.85 bits per heavy atom. The Morgan fingerprint density at radius 2 is 1.10 bits per heavy atom. The molecule has 0 saturated heterocycles. The molecule has 12 rings (SSSR count). The number of fused-ring (bicyclic) bond motifs is 4. The van der Waals surface area contributed by atoms with Gasteiger partial charge in [0.25, 0.3) is 0 Å². The van der Waals surface area contributed by atoms with E-state index in [0.717, 1.165) is 61.3 Å². The Hall–Kier alpha value is -7.98. The van der Waals surface area contributed by atoms with Gasteiger partial charge in [0, 0.05) is 82.1 Å². The van der Waals surface area contributed by atoms with Crippen LogP contribution in [0.2, 0.25) is 0 Å². The van der Waals surface area contributed by atoms with E-state index in [0.29, 0.717) is 28.4 Å². The Kier molecular flexibility index (Phi) is 12.9. The molecule has 0 N–H and O–H groups in total. The van der Waals surface area contributed by atoms with E-state index in [1.54, 1.807) is 12.3 Å². The molecule has 0 amide bonds. The molecule has 0 aliphatic carbocycles. The van der Waals surface area contributed by atoms with Crippen molar-refractivity contribution in [3.63, 3.8) is 0 Å². The van der Waals surface area contributed by atoms with E-state index in [1.807, 2.05) is 59.2 Å². The number of benzene rings is 9. The Morgan fingerprint density at radius 1 is 0.481 bits per heavy atom. The van der Waals surface area contributed by atoms with Crippen LogP contribution in [0.5, 0.6) is 11.5 Å². The number of hydrogen-bond donors (Lipinski definition) is 0. The molecule has 3 heterocycles. The molecule has 0 radical (unpaired) electrons. The second-order valence-electron chi connectivity index (χ2n) is 23.6.